The van der Waals surface area contributed by atoms with Crippen molar-refractivity contribution in [3.8, 4) is 0 Å². The fourth-order valence-electron chi connectivity index (χ4n) is 1.50. The minimum absolute atomic E-state index is 0. The molecule has 0 N–H and O–H groups in total. The highest BCUT2D eigenvalue weighted by Crippen LogP contribution is 2.31. The monoisotopic (exact) mass is 281 g/mol. The smallest absolute Gasteiger partial charge is 0.243 e. The molecule has 17 heavy (non-hydrogen) atoms. The second kappa shape index (κ2) is 5.10. The fraction of sp³-hybridized carbons (Fsp3) is 0.182. The molecule has 0 aliphatic rings. The van der Waals surface area contributed by atoms with Gasteiger partial charge in [-0.15, -0.1) is 24.0 Å². The van der Waals surface area contributed by atoms with Crippen LogP contribution in [-0.2, 0) is 12.1 Å². The Kier molecular flexibility index (Phi) is 4.22. The number of alkyl halides is 4. The molecule has 1 heterocycles. The molecule has 0 aliphatic heterocycles. The highest BCUT2D eigenvalue weighted by Gasteiger charge is 2.33. The number of pyridine rings is 1. The lowest BCUT2D eigenvalue weighted by molar-refractivity contribution is -0.141. The molecule has 0 saturated carbocycles. The summed E-state index contributed by atoms with van der Waals surface area (Å²) in [6.07, 6.45) is -4.44. The van der Waals surface area contributed by atoms with Gasteiger partial charge in [-0.1, -0.05) is 18.2 Å². The van der Waals surface area contributed by atoms with Gasteiger partial charge in [0.2, 0.25) is 0 Å². The predicted molar refractivity (Wildman–Crippen MR) is 63.6 cm³/mol. The zero-order valence-corrected chi connectivity index (χ0v) is 10.0. The van der Waals surface area contributed by atoms with E-state index in [4.69, 9.17) is 11.6 Å². The SMILES string of the molecule is Cl.FC(F)(F)c1cc(CCl)c2ccccc2n1. The number of aromatic nitrogens is 1. The molecule has 1 aromatic carbocycles. The van der Waals surface area contributed by atoms with Crippen LogP contribution in [0.4, 0.5) is 13.2 Å². The molecule has 0 bridgehead atoms. The van der Waals surface area contributed by atoms with Crippen molar-refractivity contribution in [1.29, 1.82) is 0 Å². The van der Waals surface area contributed by atoms with Crippen molar-refractivity contribution < 1.29 is 13.2 Å². The van der Waals surface area contributed by atoms with Gasteiger partial charge in [0.1, 0.15) is 5.69 Å². The number of halogens is 5. The second-order valence-corrected chi connectivity index (χ2v) is 3.58. The van der Waals surface area contributed by atoms with E-state index in [1.165, 1.54) is 0 Å². The van der Waals surface area contributed by atoms with E-state index in [1.807, 2.05) is 0 Å². The molecule has 1 aromatic heterocycles. The summed E-state index contributed by atoms with van der Waals surface area (Å²) in [7, 11) is 0. The van der Waals surface area contributed by atoms with Crippen LogP contribution in [0.25, 0.3) is 10.9 Å². The summed E-state index contributed by atoms with van der Waals surface area (Å²) >= 11 is 5.63. The van der Waals surface area contributed by atoms with Gasteiger partial charge in [-0.2, -0.15) is 13.2 Å². The van der Waals surface area contributed by atoms with Gasteiger partial charge in [0, 0.05) is 11.3 Å². The van der Waals surface area contributed by atoms with Crippen LogP contribution >= 0.6 is 24.0 Å². The molecule has 0 saturated heterocycles. The van der Waals surface area contributed by atoms with Gasteiger partial charge in [0.05, 0.1) is 5.52 Å². The Hall–Kier alpha value is -1.00. The number of hydrogen-bond donors (Lipinski definition) is 0. The summed E-state index contributed by atoms with van der Waals surface area (Å²) in [6.45, 7) is 0. The zero-order valence-electron chi connectivity index (χ0n) is 8.46. The van der Waals surface area contributed by atoms with Crippen LogP contribution in [0.15, 0.2) is 30.3 Å². The first-order valence-electron chi connectivity index (χ1n) is 4.54. The molecule has 0 aliphatic carbocycles. The van der Waals surface area contributed by atoms with Gasteiger partial charge in [0.25, 0.3) is 0 Å². The number of fused-ring (bicyclic) bond motifs is 1. The Balaban J connectivity index is 0.00000144. The summed E-state index contributed by atoms with van der Waals surface area (Å²) in [5.41, 5.74) is -0.144. The molecule has 0 fully saturated rings. The van der Waals surface area contributed by atoms with E-state index >= 15 is 0 Å². The number of rotatable bonds is 1. The quantitative estimate of drug-likeness (QED) is 0.706. The Morgan fingerprint density at radius 2 is 1.82 bits per heavy atom. The lowest BCUT2D eigenvalue weighted by atomic mass is 10.1. The standard InChI is InChI=1S/C11H7ClF3N.ClH/c12-6-7-5-10(11(13,14)15)16-9-4-2-1-3-8(7)9;/h1-5H,6H2;1H. The molecule has 1 nitrogen and oxygen atoms in total. The second-order valence-electron chi connectivity index (χ2n) is 3.32. The molecule has 2 aromatic rings. The summed E-state index contributed by atoms with van der Waals surface area (Å²) < 4.78 is 37.6. The van der Waals surface area contributed by atoms with E-state index in [-0.39, 0.29) is 18.3 Å². The summed E-state index contributed by atoms with van der Waals surface area (Å²) in [6, 6.07) is 7.64. The molecule has 0 spiro atoms. The Morgan fingerprint density at radius 3 is 2.41 bits per heavy atom. The van der Waals surface area contributed by atoms with Crippen molar-refractivity contribution in [2.24, 2.45) is 0 Å². The minimum atomic E-state index is -4.44. The van der Waals surface area contributed by atoms with Crippen molar-refractivity contribution >= 4 is 34.9 Å². The first-order chi connectivity index (χ1) is 7.52. The maximum absolute atomic E-state index is 12.5. The highest BCUT2D eigenvalue weighted by atomic mass is 35.5. The van der Waals surface area contributed by atoms with Crippen LogP contribution in [-0.4, -0.2) is 4.98 Å². The van der Waals surface area contributed by atoms with Gasteiger partial charge < -0.3 is 0 Å². The number of nitrogens with zero attached hydrogens (tertiary/aromatic N) is 1. The van der Waals surface area contributed by atoms with E-state index in [0.717, 1.165) is 6.07 Å². The van der Waals surface area contributed by atoms with Crippen molar-refractivity contribution in [2.45, 2.75) is 12.1 Å². The molecule has 0 unspecified atom stereocenters. The van der Waals surface area contributed by atoms with Gasteiger partial charge >= 0.3 is 6.18 Å². The van der Waals surface area contributed by atoms with Gasteiger partial charge in [-0.3, -0.25) is 0 Å². The van der Waals surface area contributed by atoms with E-state index in [9.17, 15) is 13.2 Å². The highest BCUT2D eigenvalue weighted by molar-refractivity contribution is 6.18. The topological polar surface area (TPSA) is 12.9 Å². The van der Waals surface area contributed by atoms with Gasteiger partial charge in [-0.25, -0.2) is 4.98 Å². The molecular formula is C11H8Cl2F3N. The third-order valence-electron chi connectivity index (χ3n) is 2.24. The van der Waals surface area contributed by atoms with Crippen LogP contribution in [0.5, 0.6) is 0 Å². The molecule has 2 rings (SSSR count). The zero-order chi connectivity index (χ0) is 11.8. The third-order valence-corrected chi connectivity index (χ3v) is 2.52. The van der Waals surface area contributed by atoms with Crippen molar-refractivity contribution in [1.82, 2.24) is 4.98 Å². The largest absolute Gasteiger partial charge is 0.433 e. The normalized spacial score (nSPS) is 11.3. The third kappa shape index (κ3) is 2.82. The van der Waals surface area contributed by atoms with Crippen molar-refractivity contribution in [3.05, 3.63) is 41.6 Å². The van der Waals surface area contributed by atoms with Crippen LogP contribution in [0.2, 0.25) is 0 Å². The van der Waals surface area contributed by atoms with Crippen molar-refractivity contribution in [2.75, 3.05) is 0 Å². The van der Waals surface area contributed by atoms with Gasteiger partial charge in [-0.05, 0) is 17.7 Å². The number of benzene rings is 1. The fourth-order valence-corrected chi connectivity index (χ4v) is 1.72. The maximum Gasteiger partial charge on any atom is 0.433 e. The molecule has 0 radical (unpaired) electrons. The molecular weight excluding hydrogens is 274 g/mol. The number of hydrogen-bond acceptors (Lipinski definition) is 1. The average Bonchev–Trinajstić information content (AvgIpc) is 2.26. The van der Waals surface area contributed by atoms with Crippen LogP contribution in [0, 0.1) is 0 Å². The van der Waals surface area contributed by atoms with E-state index in [2.05, 4.69) is 4.98 Å². The van der Waals surface area contributed by atoms with Crippen LogP contribution < -0.4 is 0 Å². The molecule has 92 valence electrons. The summed E-state index contributed by atoms with van der Waals surface area (Å²) in [5, 5.41) is 0.658. The van der Waals surface area contributed by atoms with Gasteiger partial charge in [0.15, 0.2) is 0 Å². The first-order valence-corrected chi connectivity index (χ1v) is 5.07. The van der Waals surface area contributed by atoms with E-state index < -0.39 is 11.9 Å². The maximum atomic E-state index is 12.5. The Morgan fingerprint density at radius 1 is 1.18 bits per heavy atom. The van der Waals surface area contributed by atoms with E-state index in [1.54, 1.807) is 24.3 Å². The minimum Gasteiger partial charge on any atom is -0.243 e. The van der Waals surface area contributed by atoms with Crippen LogP contribution in [0.3, 0.4) is 0 Å². The van der Waals surface area contributed by atoms with Crippen molar-refractivity contribution in [3.63, 3.8) is 0 Å². The average molecular weight is 282 g/mol. The molecule has 6 heteroatoms. The lowest BCUT2D eigenvalue weighted by Gasteiger charge is -2.09. The molecule has 0 amide bonds. The van der Waals surface area contributed by atoms with Crippen LogP contribution in [0.1, 0.15) is 11.3 Å². The predicted octanol–water partition coefficient (Wildman–Crippen LogP) is 4.41. The Bertz CT molecular complexity index is 526. The lowest BCUT2D eigenvalue weighted by Crippen LogP contribution is -2.08. The molecule has 0 atom stereocenters. The van der Waals surface area contributed by atoms with E-state index in [0.29, 0.717) is 16.5 Å². The summed E-state index contributed by atoms with van der Waals surface area (Å²) in [4.78, 5) is 3.57. The number of para-hydroxylation sites is 1. The first kappa shape index (κ1) is 14.1. The Labute approximate surface area is 107 Å². The summed E-state index contributed by atoms with van der Waals surface area (Å²) in [5.74, 6) is 0.0338.